The Balaban J connectivity index is 1.41. The molecule has 0 spiro atoms. The number of anilines is 1. The number of carbonyl (C=O) groups is 1. The van der Waals surface area contributed by atoms with Crippen molar-refractivity contribution < 1.29 is 9.53 Å². The number of hydrogen-bond acceptors (Lipinski definition) is 7. The third-order valence-electron chi connectivity index (χ3n) is 5.29. The van der Waals surface area contributed by atoms with Gasteiger partial charge in [-0.2, -0.15) is 4.98 Å². The number of aromatic nitrogens is 3. The smallest absolute Gasteiger partial charge is 0.338 e. The Morgan fingerprint density at radius 3 is 2.48 bits per heavy atom. The number of rotatable bonds is 7. The lowest BCUT2D eigenvalue weighted by molar-refractivity contribution is -0.140. The van der Waals surface area contributed by atoms with Crippen LogP contribution in [0.1, 0.15) is 29.0 Å². The first-order valence-corrected chi connectivity index (χ1v) is 12.4. The van der Waals surface area contributed by atoms with E-state index >= 15 is 0 Å². The van der Waals surface area contributed by atoms with E-state index in [1.807, 2.05) is 73.0 Å². The van der Waals surface area contributed by atoms with E-state index in [2.05, 4.69) is 22.4 Å². The average Bonchev–Trinajstić information content (AvgIpc) is 3.52. The minimum Gasteiger partial charge on any atom is -0.457 e. The van der Waals surface area contributed by atoms with Gasteiger partial charge in [0.25, 0.3) is 0 Å². The zero-order valence-corrected chi connectivity index (χ0v) is 19.6. The summed E-state index contributed by atoms with van der Waals surface area (Å²) in [6.45, 7) is 2.10. The minimum absolute atomic E-state index is 0.218. The predicted molar refractivity (Wildman–Crippen MR) is 131 cm³/mol. The summed E-state index contributed by atoms with van der Waals surface area (Å²) in [7, 11) is 0. The number of nitrogens with zero attached hydrogens (tertiary/aromatic N) is 3. The number of ether oxygens (including phenoxy) is 1. The van der Waals surface area contributed by atoms with E-state index in [9.17, 15) is 4.79 Å². The van der Waals surface area contributed by atoms with Crippen LogP contribution in [0.2, 0.25) is 0 Å². The molecule has 1 aliphatic heterocycles. The molecule has 1 N–H and O–H groups in total. The summed E-state index contributed by atoms with van der Waals surface area (Å²) in [5.74, 6) is 1.04. The third kappa shape index (κ3) is 4.72. The fourth-order valence-electron chi connectivity index (χ4n) is 3.69. The number of thiophene rings is 1. The van der Waals surface area contributed by atoms with Gasteiger partial charge in [0.15, 0.2) is 0 Å². The highest BCUT2D eigenvalue weighted by atomic mass is 32.2. The van der Waals surface area contributed by atoms with E-state index in [0.717, 1.165) is 21.9 Å². The Hall–Kier alpha value is -3.36. The van der Waals surface area contributed by atoms with Gasteiger partial charge in [-0.15, -0.1) is 16.4 Å². The van der Waals surface area contributed by atoms with E-state index in [0.29, 0.717) is 16.7 Å². The number of fused-ring (bicyclic) bond motifs is 1. The normalized spacial score (nSPS) is 15.1. The number of nitrogens with one attached hydrogen (secondary N) is 1. The Morgan fingerprint density at radius 1 is 1.06 bits per heavy atom. The van der Waals surface area contributed by atoms with Crippen LogP contribution in [0.25, 0.3) is 0 Å². The molecular weight excluding hydrogens is 452 g/mol. The van der Waals surface area contributed by atoms with Gasteiger partial charge in [-0.25, -0.2) is 9.48 Å². The molecule has 1 aliphatic rings. The lowest BCUT2D eigenvalue weighted by atomic mass is 10.0. The van der Waals surface area contributed by atoms with Gasteiger partial charge in [0.1, 0.15) is 12.6 Å². The van der Waals surface area contributed by atoms with Crippen molar-refractivity contribution in [3.63, 3.8) is 0 Å². The lowest BCUT2D eigenvalue weighted by Crippen LogP contribution is -2.29. The van der Waals surface area contributed by atoms with Gasteiger partial charge in [-0.1, -0.05) is 78.5 Å². The number of esters is 1. The summed E-state index contributed by atoms with van der Waals surface area (Å²) < 4.78 is 7.49. The highest BCUT2D eigenvalue weighted by molar-refractivity contribution is 7.98. The lowest BCUT2D eigenvalue weighted by Gasteiger charge is -2.27. The monoisotopic (exact) mass is 474 g/mol. The summed E-state index contributed by atoms with van der Waals surface area (Å²) in [6.07, 6.45) is 0. The number of hydrogen-bond donors (Lipinski definition) is 1. The number of benzene rings is 2. The standard InChI is InChI=1S/C25H22N4O2S2/c1-17-21(23(30)31-15-18-9-4-2-5-10-18)22(20-13-8-14-32-20)29-24(26-17)27-25(28-29)33-16-19-11-6-3-7-12-19/h2-14,22H,15-16H2,1H3,(H,26,27,28). The predicted octanol–water partition coefficient (Wildman–Crippen LogP) is 5.66. The zero-order chi connectivity index (χ0) is 22.6. The van der Waals surface area contributed by atoms with Crippen molar-refractivity contribution in [2.75, 3.05) is 5.32 Å². The van der Waals surface area contributed by atoms with Crippen LogP contribution in [0, 0.1) is 0 Å². The van der Waals surface area contributed by atoms with Gasteiger partial charge in [0.2, 0.25) is 11.1 Å². The molecule has 0 amide bonds. The first kappa shape index (κ1) is 21.5. The maximum Gasteiger partial charge on any atom is 0.338 e. The van der Waals surface area contributed by atoms with Crippen molar-refractivity contribution in [3.05, 3.63) is 105 Å². The molecule has 4 aromatic rings. The molecule has 0 radical (unpaired) electrons. The summed E-state index contributed by atoms with van der Waals surface area (Å²) in [5, 5.41) is 10.7. The molecule has 0 saturated heterocycles. The molecule has 166 valence electrons. The molecule has 1 atom stereocenters. The molecule has 33 heavy (non-hydrogen) atoms. The van der Waals surface area contributed by atoms with Crippen LogP contribution in [-0.2, 0) is 21.9 Å². The number of thioether (sulfide) groups is 1. The second-order valence-corrected chi connectivity index (χ2v) is 9.50. The van der Waals surface area contributed by atoms with E-state index in [-0.39, 0.29) is 18.6 Å². The van der Waals surface area contributed by atoms with Gasteiger partial charge >= 0.3 is 5.97 Å². The molecule has 0 bridgehead atoms. The van der Waals surface area contributed by atoms with Gasteiger partial charge in [0.05, 0.1) is 5.57 Å². The van der Waals surface area contributed by atoms with Crippen LogP contribution >= 0.6 is 23.1 Å². The molecule has 2 aromatic heterocycles. The summed E-state index contributed by atoms with van der Waals surface area (Å²) in [5.41, 5.74) is 3.43. The van der Waals surface area contributed by atoms with Gasteiger partial charge in [0, 0.05) is 16.3 Å². The van der Waals surface area contributed by atoms with E-state index in [1.54, 1.807) is 27.8 Å². The molecule has 5 rings (SSSR count). The fraction of sp³-hybridized carbons (Fsp3) is 0.160. The Kier molecular flexibility index (Phi) is 6.28. The average molecular weight is 475 g/mol. The Morgan fingerprint density at radius 2 is 1.79 bits per heavy atom. The van der Waals surface area contributed by atoms with Crippen molar-refractivity contribution >= 4 is 35.0 Å². The number of allylic oxidation sites excluding steroid dienone is 1. The maximum atomic E-state index is 13.2. The summed E-state index contributed by atoms with van der Waals surface area (Å²) >= 11 is 3.16. The van der Waals surface area contributed by atoms with Gasteiger partial charge in [-0.3, -0.25) is 0 Å². The second-order valence-electron chi connectivity index (χ2n) is 7.58. The fourth-order valence-corrected chi connectivity index (χ4v) is 5.29. The van der Waals surface area contributed by atoms with E-state index < -0.39 is 0 Å². The topological polar surface area (TPSA) is 69.0 Å². The Labute approximate surface area is 200 Å². The molecule has 2 aromatic carbocycles. The van der Waals surface area contributed by atoms with E-state index in [1.165, 1.54) is 5.56 Å². The van der Waals surface area contributed by atoms with Gasteiger partial charge < -0.3 is 10.1 Å². The molecule has 6 nitrogen and oxygen atoms in total. The van der Waals surface area contributed by atoms with Crippen molar-refractivity contribution in [2.45, 2.75) is 30.5 Å². The van der Waals surface area contributed by atoms with Crippen LogP contribution in [0.15, 0.2) is 94.6 Å². The van der Waals surface area contributed by atoms with Crippen LogP contribution in [-0.4, -0.2) is 20.7 Å². The van der Waals surface area contributed by atoms with Gasteiger partial charge in [-0.05, 0) is 29.5 Å². The molecule has 0 saturated carbocycles. The first-order chi connectivity index (χ1) is 16.2. The van der Waals surface area contributed by atoms with Crippen molar-refractivity contribution in [2.24, 2.45) is 0 Å². The quantitative estimate of drug-likeness (QED) is 0.275. The zero-order valence-electron chi connectivity index (χ0n) is 18.0. The largest absolute Gasteiger partial charge is 0.457 e. The molecule has 0 fully saturated rings. The highest BCUT2D eigenvalue weighted by Crippen LogP contribution is 2.38. The first-order valence-electron chi connectivity index (χ1n) is 10.5. The number of carbonyl (C=O) groups excluding carboxylic acids is 1. The van der Waals surface area contributed by atoms with Crippen LogP contribution in [0.5, 0.6) is 0 Å². The molecule has 3 heterocycles. The molecular formula is C25H22N4O2S2. The summed E-state index contributed by atoms with van der Waals surface area (Å²) in [4.78, 5) is 18.9. The SMILES string of the molecule is CC1=C(C(=O)OCc2ccccc2)C(c2cccs2)n2nc(SCc3ccccc3)nc2N1. The van der Waals surface area contributed by atoms with Crippen molar-refractivity contribution in [1.29, 1.82) is 0 Å². The molecule has 1 unspecified atom stereocenters. The summed E-state index contributed by atoms with van der Waals surface area (Å²) in [6, 6.07) is 23.5. The van der Waals surface area contributed by atoms with Crippen molar-refractivity contribution in [3.8, 4) is 0 Å². The Bertz CT molecular complexity index is 1270. The van der Waals surface area contributed by atoms with Crippen LogP contribution < -0.4 is 5.32 Å². The molecule has 0 aliphatic carbocycles. The van der Waals surface area contributed by atoms with Crippen molar-refractivity contribution in [1.82, 2.24) is 14.8 Å². The van der Waals surface area contributed by atoms with Crippen LogP contribution in [0.4, 0.5) is 5.95 Å². The minimum atomic E-state index is -0.386. The van der Waals surface area contributed by atoms with E-state index in [4.69, 9.17) is 9.84 Å². The molecule has 8 heteroatoms. The third-order valence-corrected chi connectivity index (χ3v) is 7.12. The second kappa shape index (κ2) is 9.64. The maximum absolute atomic E-state index is 13.2. The highest BCUT2D eigenvalue weighted by Gasteiger charge is 2.35. The van der Waals surface area contributed by atoms with Crippen LogP contribution in [0.3, 0.4) is 0 Å².